The summed E-state index contributed by atoms with van der Waals surface area (Å²) in [7, 11) is 0. The highest BCUT2D eigenvalue weighted by molar-refractivity contribution is 5.95. The highest BCUT2D eigenvalue weighted by Gasteiger charge is 2.55. The molecule has 4 heterocycles. The van der Waals surface area contributed by atoms with E-state index in [1.807, 2.05) is 6.07 Å². The second-order valence-corrected chi connectivity index (χ2v) is 9.54. The topological polar surface area (TPSA) is 35.6 Å². The minimum atomic E-state index is -0.0225. The zero-order valence-electron chi connectivity index (χ0n) is 16.9. The van der Waals surface area contributed by atoms with Gasteiger partial charge in [0.2, 0.25) is 0 Å². The van der Waals surface area contributed by atoms with Crippen molar-refractivity contribution in [2.24, 2.45) is 5.92 Å². The van der Waals surface area contributed by atoms with E-state index in [9.17, 15) is 4.79 Å². The Kier molecular flexibility index (Phi) is 4.07. The van der Waals surface area contributed by atoms with E-state index in [1.165, 1.54) is 23.1 Å². The van der Waals surface area contributed by atoms with Gasteiger partial charge in [-0.3, -0.25) is 4.79 Å². The van der Waals surface area contributed by atoms with E-state index in [0.29, 0.717) is 5.92 Å². The number of carbonyl (C=O) groups is 1. The van der Waals surface area contributed by atoms with Crippen LogP contribution in [0.4, 0.5) is 0 Å². The second-order valence-electron chi connectivity index (χ2n) is 9.54. The van der Waals surface area contributed by atoms with Crippen LogP contribution in [0.2, 0.25) is 0 Å². The van der Waals surface area contributed by atoms with Crippen molar-refractivity contribution >= 4 is 5.91 Å². The van der Waals surface area contributed by atoms with Crippen LogP contribution in [-0.2, 0) is 18.3 Å². The Balaban J connectivity index is 1.36. The highest BCUT2D eigenvalue weighted by atomic mass is 16.1. The molecule has 0 radical (unpaired) electrons. The summed E-state index contributed by atoms with van der Waals surface area (Å²) >= 11 is 0. The van der Waals surface area contributed by atoms with E-state index in [4.69, 9.17) is 0 Å². The summed E-state index contributed by atoms with van der Waals surface area (Å²) < 4.78 is 0. The molecule has 2 aromatic carbocycles. The molecule has 150 valence electrons. The van der Waals surface area contributed by atoms with Gasteiger partial charge in [0.15, 0.2) is 0 Å². The molecule has 1 aliphatic carbocycles. The van der Waals surface area contributed by atoms with Crippen molar-refractivity contribution in [3.63, 3.8) is 0 Å². The molecule has 7 rings (SSSR count). The Morgan fingerprint density at radius 1 is 0.931 bits per heavy atom. The number of hydrogen-bond donors (Lipinski definition) is 1. The summed E-state index contributed by atoms with van der Waals surface area (Å²) in [6, 6.07) is 17.5. The minimum Gasteiger partial charge on any atom is -0.348 e. The largest absolute Gasteiger partial charge is 0.348 e. The van der Waals surface area contributed by atoms with E-state index in [-0.39, 0.29) is 17.4 Å². The van der Waals surface area contributed by atoms with Gasteiger partial charge in [-0.1, -0.05) is 36.4 Å². The lowest BCUT2D eigenvalue weighted by Crippen LogP contribution is -2.70. The van der Waals surface area contributed by atoms with Gasteiger partial charge in [-0.2, -0.15) is 0 Å². The van der Waals surface area contributed by atoms with Gasteiger partial charge in [-0.15, -0.1) is 0 Å². The Morgan fingerprint density at radius 3 is 2.41 bits per heavy atom. The van der Waals surface area contributed by atoms with Crippen LogP contribution in [0.1, 0.15) is 33.5 Å². The quantitative estimate of drug-likeness (QED) is 0.879. The number of aryl methyl sites for hydroxylation is 2. The zero-order valence-corrected chi connectivity index (χ0v) is 16.9. The molecule has 4 fully saturated rings. The third-order valence-corrected chi connectivity index (χ3v) is 7.79. The number of amides is 1. The van der Waals surface area contributed by atoms with Gasteiger partial charge in [0, 0.05) is 62.2 Å². The molecule has 5 aliphatic rings. The summed E-state index contributed by atoms with van der Waals surface area (Å²) in [5.74, 6) is 0.592. The molecule has 29 heavy (non-hydrogen) atoms. The second kappa shape index (κ2) is 6.68. The number of fused-ring (bicyclic) bond motifs is 2. The number of carbonyl (C=O) groups excluding carboxylic acids is 1. The maximum absolute atomic E-state index is 13.4. The number of hydrogen-bond acceptors (Lipinski definition) is 3. The highest BCUT2D eigenvalue weighted by Crippen LogP contribution is 2.43. The van der Waals surface area contributed by atoms with Crippen LogP contribution in [0.15, 0.2) is 48.5 Å². The molecule has 4 bridgehead atoms. The lowest BCUT2D eigenvalue weighted by Gasteiger charge is -2.55. The van der Waals surface area contributed by atoms with Gasteiger partial charge in [0.1, 0.15) is 0 Å². The average molecular weight is 388 g/mol. The van der Waals surface area contributed by atoms with Crippen molar-refractivity contribution < 1.29 is 4.79 Å². The van der Waals surface area contributed by atoms with E-state index >= 15 is 0 Å². The summed E-state index contributed by atoms with van der Waals surface area (Å²) in [5, 5.41) is 3.54. The Bertz CT molecular complexity index is 924. The fraction of sp³-hybridized carbons (Fsp3) is 0.480. The normalized spacial score (nSPS) is 34.6. The third-order valence-electron chi connectivity index (χ3n) is 7.79. The van der Waals surface area contributed by atoms with Crippen LogP contribution in [0.5, 0.6) is 0 Å². The van der Waals surface area contributed by atoms with Gasteiger partial charge in [0.25, 0.3) is 5.91 Å². The number of nitrogens with zero attached hydrogens (tertiary/aromatic N) is 2. The van der Waals surface area contributed by atoms with Crippen LogP contribution in [0.25, 0.3) is 0 Å². The molecule has 4 aliphatic heterocycles. The smallest absolute Gasteiger partial charge is 0.251 e. The van der Waals surface area contributed by atoms with E-state index in [0.717, 1.165) is 57.7 Å². The zero-order chi connectivity index (χ0) is 19.4. The first kappa shape index (κ1) is 17.7. The Labute approximate surface area is 172 Å². The first-order chi connectivity index (χ1) is 14.2. The van der Waals surface area contributed by atoms with Crippen molar-refractivity contribution in [3.05, 3.63) is 70.8 Å². The van der Waals surface area contributed by atoms with Crippen LogP contribution in [0, 0.1) is 5.92 Å². The first-order valence-electron chi connectivity index (χ1n) is 11.1. The number of rotatable bonds is 3. The first-order valence-corrected chi connectivity index (χ1v) is 11.1. The fourth-order valence-electron chi connectivity index (χ4n) is 6.51. The monoisotopic (exact) mass is 387 g/mol. The molecule has 1 N–H and O–H groups in total. The molecule has 4 heteroatoms. The van der Waals surface area contributed by atoms with Crippen LogP contribution >= 0.6 is 0 Å². The van der Waals surface area contributed by atoms with E-state index in [2.05, 4.69) is 57.6 Å². The SMILES string of the molecule is O=C(N[C@@H]1C2CN3CCN(C2)CC1(c1ccccc1)C3)c1ccc2c(c1)CCC2. The molecule has 3 atom stereocenters. The molecule has 0 saturated carbocycles. The Morgan fingerprint density at radius 2 is 1.66 bits per heavy atom. The Hall–Kier alpha value is -2.17. The van der Waals surface area contributed by atoms with Gasteiger partial charge < -0.3 is 15.1 Å². The van der Waals surface area contributed by atoms with Gasteiger partial charge in [-0.25, -0.2) is 0 Å². The van der Waals surface area contributed by atoms with Crippen molar-refractivity contribution in [2.75, 3.05) is 39.3 Å². The molecule has 2 unspecified atom stereocenters. The van der Waals surface area contributed by atoms with Crippen molar-refractivity contribution in [1.82, 2.24) is 15.1 Å². The van der Waals surface area contributed by atoms with Gasteiger partial charge in [0.05, 0.1) is 0 Å². The molecular formula is C25H29N3O. The van der Waals surface area contributed by atoms with E-state index in [1.54, 1.807) is 0 Å². The van der Waals surface area contributed by atoms with Crippen LogP contribution < -0.4 is 5.32 Å². The van der Waals surface area contributed by atoms with Crippen LogP contribution in [-0.4, -0.2) is 61.0 Å². The number of nitrogens with one attached hydrogen (secondary N) is 1. The number of benzene rings is 2. The molecule has 4 nitrogen and oxygen atoms in total. The summed E-state index contributed by atoms with van der Waals surface area (Å²) in [5.41, 5.74) is 4.98. The lowest BCUT2D eigenvalue weighted by atomic mass is 9.64. The van der Waals surface area contributed by atoms with Gasteiger partial charge in [-0.05, 0) is 48.1 Å². The summed E-state index contributed by atoms with van der Waals surface area (Å²) in [6.07, 6.45) is 3.49. The summed E-state index contributed by atoms with van der Waals surface area (Å²) in [4.78, 5) is 18.6. The molecular weight excluding hydrogens is 358 g/mol. The maximum Gasteiger partial charge on any atom is 0.251 e. The maximum atomic E-state index is 13.4. The minimum absolute atomic E-state index is 0.0225. The summed E-state index contributed by atoms with van der Waals surface area (Å²) in [6.45, 7) is 6.58. The molecule has 2 aromatic rings. The van der Waals surface area contributed by atoms with Crippen molar-refractivity contribution in [1.29, 1.82) is 0 Å². The molecule has 0 aromatic heterocycles. The predicted octanol–water partition coefficient (Wildman–Crippen LogP) is 2.47. The predicted molar refractivity (Wildman–Crippen MR) is 114 cm³/mol. The number of piperidine rings is 2. The molecule has 1 amide bonds. The molecule has 0 spiro atoms. The fourth-order valence-corrected chi connectivity index (χ4v) is 6.51. The van der Waals surface area contributed by atoms with E-state index < -0.39 is 0 Å². The van der Waals surface area contributed by atoms with Crippen molar-refractivity contribution in [2.45, 2.75) is 30.7 Å². The lowest BCUT2D eigenvalue weighted by molar-refractivity contribution is 0.0180. The van der Waals surface area contributed by atoms with Crippen molar-refractivity contribution in [3.8, 4) is 0 Å². The third kappa shape index (κ3) is 2.84. The van der Waals surface area contributed by atoms with Gasteiger partial charge >= 0.3 is 0 Å². The average Bonchev–Trinajstić information content (AvgIpc) is 3.08. The molecule has 4 saturated heterocycles. The standard InChI is InChI=1S/C25H29N3O/c29-24(20-10-9-18-5-4-6-19(18)13-20)26-23-21-14-27-11-12-28(15-21)17-25(23,16-27)22-7-2-1-3-8-22/h1-3,7-10,13,21,23H,4-6,11-12,14-17H2,(H,26,29)/t21?,23-,25?/m1/s1. The van der Waals surface area contributed by atoms with Crippen LogP contribution in [0.3, 0.4) is 0 Å².